The molecule has 1 amide bonds. The van der Waals surface area contributed by atoms with Crippen molar-refractivity contribution in [2.75, 3.05) is 26.2 Å². The molecule has 4 nitrogen and oxygen atoms in total. The van der Waals surface area contributed by atoms with E-state index in [4.69, 9.17) is 5.73 Å². The molecule has 0 radical (unpaired) electrons. The molecule has 27 heavy (non-hydrogen) atoms. The van der Waals surface area contributed by atoms with Gasteiger partial charge in [-0.15, -0.1) is 0 Å². The summed E-state index contributed by atoms with van der Waals surface area (Å²) in [5.74, 6) is -0.484. The maximum atomic E-state index is 14.0. The van der Waals surface area contributed by atoms with Crippen molar-refractivity contribution in [3.63, 3.8) is 0 Å². The second-order valence-corrected chi connectivity index (χ2v) is 8.01. The predicted molar refractivity (Wildman–Crippen MR) is 97.8 cm³/mol. The Bertz CT molecular complexity index is 642. The largest absolute Gasteiger partial charge is 0.404 e. The molecule has 2 N–H and O–H groups in total. The van der Waals surface area contributed by atoms with E-state index in [1.165, 1.54) is 4.90 Å². The minimum Gasteiger partial charge on any atom is -0.342 e. The Balaban J connectivity index is 1.72. The van der Waals surface area contributed by atoms with Crippen LogP contribution in [0.4, 0.5) is 13.2 Å². The molecule has 150 valence electrons. The number of amides is 1. The minimum atomic E-state index is -4.55. The van der Waals surface area contributed by atoms with E-state index in [0.29, 0.717) is 32.5 Å². The van der Waals surface area contributed by atoms with Crippen LogP contribution in [-0.2, 0) is 11.3 Å². The molecule has 3 rings (SSSR count). The number of hydrogen-bond acceptors (Lipinski definition) is 3. The molecule has 0 spiro atoms. The lowest BCUT2D eigenvalue weighted by Crippen LogP contribution is -2.55. The first-order valence-corrected chi connectivity index (χ1v) is 9.61. The quantitative estimate of drug-likeness (QED) is 0.870. The fraction of sp³-hybridized carbons (Fsp3) is 0.650. The summed E-state index contributed by atoms with van der Waals surface area (Å²) in [6.07, 6.45) is -3.38. The summed E-state index contributed by atoms with van der Waals surface area (Å²) < 4.78 is 42.1. The standard InChI is InChI=1S/C20H28F3N3O/c1-15(24)17-7-10-26(11-8-17)18(27)19(20(21,22)23)9-12-25(14-19)13-16-5-3-2-4-6-16/h2-6,15,17H,7-14,24H2,1H3. The number of nitrogens with zero attached hydrogens (tertiary/aromatic N) is 2. The Labute approximate surface area is 158 Å². The van der Waals surface area contributed by atoms with Gasteiger partial charge < -0.3 is 10.6 Å². The molecule has 2 aliphatic heterocycles. The lowest BCUT2D eigenvalue weighted by Gasteiger charge is -2.40. The summed E-state index contributed by atoms with van der Waals surface area (Å²) in [5.41, 5.74) is 4.58. The summed E-state index contributed by atoms with van der Waals surface area (Å²) in [6, 6.07) is 9.42. The van der Waals surface area contributed by atoms with Crippen LogP contribution in [0, 0.1) is 11.3 Å². The van der Waals surface area contributed by atoms with Crippen molar-refractivity contribution in [3.05, 3.63) is 35.9 Å². The Morgan fingerprint density at radius 3 is 2.41 bits per heavy atom. The summed E-state index contributed by atoms with van der Waals surface area (Å²) in [4.78, 5) is 16.2. The van der Waals surface area contributed by atoms with Gasteiger partial charge in [-0.05, 0) is 44.2 Å². The Kier molecular flexibility index (Phi) is 5.82. The molecule has 2 saturated heterocycles. The molecular weight excluding hydrogens is 355 g/mol. The highest BCUT2D eigenvalue weighted by atomic mass is 19.4. The van der Waals surface area contributed by atoms with Gasteiger partial charge in [0, 0.05) is 32.2 Å². The van der Waals surface area contributed by atoms with E-state index in [-0.39, 0.29) is 31.5 Å². The van der Waals surface area contributed by atoms with Crippen LogP contribution in [0.1, 0.15) is 31.7 Å². The van der Waals surface area contributed by atoms with Gasteiger partial charge in [0.05, 0.1) is 0 Å². The molecule has 2 atom stereocenters. The highest BCUT2D eigenvalue weighted by Gasteiger charge is 2.64. The van der Waals surface area contributed by atoms with Crippen molar-refractivity contribution >= 4 is 5.91 Å². The summed E-state index contributed by atoms with van der Waals surface area (Å²) >= 11 is 0. The van der Waals surface area contributed by atoms with Crippen molar-refractivity contribution in [1.82, 2.24) is 9.80 Å². The minimum absolute atomic E-state index is 0.00618. The third-order valence-electron chi connectivity index (χ3n) is 6.12. The van der Waals surface area contributed by atoms with Crippen LogP contribution in [0.25, 0.3) is 0 Å². The number of hydrogen-bond donors (Lipinski definition) is 1. The van der Waals surface area contributed by atoms with Gasteiger partial charge in [0.2, 0.25) is 5.91 Å². The van der Waals surface area contributed by atoms with Crippen molar-refractivity contribution in [3.8, 4) is 0 Å². The van der Waals surface area contributed by atoms with Crippen LogP contribution >= 0.6 is 0 Å². The predicted octanol–water partition coefficient (Wildman–Crippen LogP) is 3.03. The lowest BCUT2D eigenvalue weighted by atomic mass is 9.82. The zero-order valence-electron chi connectivity index (χ0n) is 15.7. The molecule has 1 aromatic rings. The molecule has 0 aromatic heterocycles. The summed E-state index contributed by atoms with van der Waals surface area (Å²) in [6.45, 7) is 3.08. The van der Waals surface area contributed by atoms with Crippen LogP contribution in [0.2, 0.25) is 0 Å². The molecule has 2 aliphatic rings. The maximum absolute atomic E-state index is 14.0. The average Bonchev–Trinajstić information content (AvgIpc) is 3.07. The first-order chi connectivity index (χ1) is 12.7. The zero-order chi connectivity index (χ0) is 19.7. The zero-order valence-corrected chi connectivity index (χ0v) is 15.7. The van der Waals surface area contributed by atoms with Crippen LogP contribution in [-0.4, -0.2) is 54.1 Å². The number of rotatable bonds is 4. The fourth-order valence-corrected chi connectivity index (χ4v) is 4.32. The van der Waals surface area contributed by atoms with Gasteiger partial charge >= 0.3 is 6.18 Å². The van der Waals surface area contributed by atoms with Crippen molar-refractivity contribution in [2.45, 2.75) is 44.9 Å². The summed E-state index contributed by atoms with van der Waals surface area (Å²) in [5, 5.41) is 0. The van der Waals surface area contributed by atoms with E-state index in [9.17, 15) is 18.0 Å². The van der Waals surface area contributed by atoms with Crippen LogP contribution in [0.15, 0.2) is 30.3 Å². The number of likely N-dealkylation sites (tertiary alicyclic amines) is 2. The Morgan fingerprint density at radius 1 is 1.22 bits per heavy atom. The molecule has 2 heterocycles. The van der Waals surface area contributed by atoms with Crippen LogP contribution < -0.4 is 5.73 Å². The first kappa shape index (κ1) is 20.1. The number of nitrogens with two attached hydrogens (primary N) is 1. The van der Waals surface area contributed by atoms with Gasteiger partial charge in [-0.25, -0.2) is 0 Å². The topological polar surface area (TPSA) is 49.6 Å². The van der Waals surface area contributed by atoms with Gasteiger partial charge in [-0.1, -0.05) is 30.3 Å². The fourth-order valence-electron chi connectivity index (χ4n) is 4.32. The molecule has 0 saturated carbocycles. The normalized spacial score (nSPS) is 26.3. The molecule has 2 fully saturated rings. The van der Waals surface area contributed by atoms with Crippen LogP contribution in [0.3, 0.4) is 0 Å². The van der Waals surface area contributed by atoms with E-state index in [0.717, 1.165) is 5.56 Å². The SMILES string of the molecule is CC(N)C1CCN(C(=O)C2(C(F)(F)F)CCN(Cc3ccccc3)C2)CC1. The molecule has 7 heteroatoms. The maximum Gasteiger partial charge on any atom is 0.404 e. The number of carbonyl (C=O) groups is 1. The Hall–Kier alpha value is -1.60. The van der Waals surface area contributed by atoms with Gasteiger partial charge in [-0.2, -0.15) is 13.2 Å². The second kappa shape index (κ2) is 7.80. The van der Waals surface area contributed by atoms with E-state index in [1.807, 2.05) is 37.3 Å². The van der Waals surface area contributed by atoms with Gasteiger partial charge in [0.25, 0.3) is 0 Å². The molecule has 0 aliphatic carbocycles. The van der Waals surface area contributed by atoms with Gasteiger partial charge in [-0.3, -0.25) is 9.69 Å². The molecule has 0 bridgehead atoms. The number of carbonyl (C=O) groups excluding carboxylic acids is 1. The van der Waals surface area contributed by atoms with Crippen molar-refractivity contribution < 1.29 is 18.0 Å². The monoisotopic (exact) mass is 383 g/mol. The highest BCUT2D eigenvalue weighted by molar-refractivity contribution is 5.84. The highest BCUT2D eigenvalue weighted by Crippen LogP contribution is 2.47. The smallest absolute Gasteiger partial charge is 0.342 e. The molecule has 2 unspecified atom stereocenters. The van der Waals surface area contributed by atoms with Gasteiger partial charge in [0.15, 0.2) is 5.41 Å². The Morgan fingerprint density at radius 2 is 1.85 bits per heavy atom. The summed E-state index contributed by atoms with van der Waals surface area (Å²) in [7, 11) is 0. The van der Waals surface area contributed by atoms with Crippen molar-refractivity contribution in [1.29, 1.82) is 0 Å². The van der Waals surface area contributed by atoms with Gasteiger partial charge in [0.1, 0.15) is 0 Å². The average molecular weight is 383 g/mol. The number of halogens is 3. The third kappa shape index (κ3) is 4.14. The number of benzene rings is 1. The van der Waals surface area contributed by atoms with E-state index in [1.54, 1.807) is 4.90 Å². The van der Waals surface area contributed by atoms with Crippen molar-refractivity contribution in [2.24, 2.45) is 17.1 Å². The second-order valence-electron chi connectivity index (χ2n) is 8.01. The lowest BCUT2D eigenvalue weighted by molar-refractivity contribution is -0.224. The molecule has 1 aromatic carbocycles. The van der Waals surface area contributed by atoms with E-state index >= 15 is 0 Å². The third-order valence-corrected chi connectivity index (χ3v) is 6.12. The van der Waals surface area contributed by atoms with E-state index in [2.05, 4.69) is 0 Å². The van der Waals surface area contributed by atoms with Crippen LogP contribution in [0.5, 0.6) is 0 Å². The number of piperidine rings is 1. The first-order valence-electron chi connectivity index (χ1n) is 9.61. The van der Waals surface area contributed by atoms with E-state index < -0.39 is 17.5 Å². The number of alkyl halides is 3. The molecular formula is C20H28F3N3O.